The molecule has 0 saturated heterocycles. The molecule has 0 N–H and O–H groups in total. The SMILES string of the molecule is CCC[CH-]S(=O)(=O)C(F)(F)F. The van der Waals surface area contributed by atoms with Crippen LogP contribution in [0.3, 0.4) is 0 Å². The molecule has 0 aliphatic heterocycles. The molecule has 0 saturated carbocycles. The average Bonchev–Trinajstić information content (AvgIpc) is 1.81. The first-order valence-corrected chi connectivity index (χ1v) is 4.50. The van der Waals surface area contributed by atoms with E-state index in [-0.39, 0.29) is 6.42 Å². The second kappa shape index (κ2) is 3.42. The van der Waals surface area contributed by atoms with Gasteiger partial charge in [0.1, 0.15) is 9.84 Å². The summed E-state index contributed by atoms with van der Waals surface area (Å²) in [4.78, 5) is 0. The summed E-state index contributed by atoms with van der Waals surface area (Å²) < 4.78 is 55.1. The third-order valence-electron chi connectivity index (χ3n) is 0.949. The minimum Gasteiger partial charge on any atom is -0.254 e. The Bertz CT molecular complexity index is 204. The molecule has 0 fully saturated rings. The van der Waals surface area contributed by atoms with Crippen LogP contribution in [0, 0.1) is 5.75 Å². The molecule has 0 aromatic rings. The molecule has 2 nitrogen and oxygen atoms in total. The molecule has 0 spiro atoms. The van der Waals surface area contributed by atoms with Crippen molar-refractivity contribution in [2.45, 2.75) is 25.3 Å². The van der Waals surface area contributed by atoms with Crippen LogP contribution in [0.25, 0.3) is 0 Å². The van der Waals surface area contributed by atoms with Crippen molar-refractivity contribution in [2.24, 2.45) is 0 Å². The lowest BCUT2D eigenvalue weighted by molar-refractivity contribution is -0.0428. The van der Waals surface area contributed by atoms with E-state index in [9.17, 15) is 21.6 Å². The zero-order valence-corrected chi connectivity index (χ0v) is 6.67. The predicted molar refractivity (Wildman–Crippen MR) is 34.2 cm³/mol. The fraction of sp³-hybridized carbons (Fsp3) is 0.800. The van der Waals surface area contributed by atoms with Gasteiger partial charge in [0.25, 0.3) is 0 Å². The molecule has 0 heterocycles. The molecule has 0 radical (unpaired) electrons. The van der Waals surface area contributed by atoms with Crippen LogP contribution in [-0.4, -0.2) is 13.9 Å². The number of unbranched alkanes of at least 4 members (excludes halogenated alkanes) is 1. The summed E-state index contributed by atoms with van der Waals surface area (Å²) in [5, 5.41) is 0. The van der Waals surface area contributed by atoms with E-state index in [1.165, 1.54) is 0 Å². The molecule has 6 heteroatoms. The summed E-state index contributed by atoms with van der Waals surface area (Å²) in [5.41, 5.74) is -5.14. The number of rotatable bonds is 3. The standard InChI is InChI=1S/C5H8F3O2S/c1-2-3-4-11(9,10)5(6,7)8/h4H,2-3H2,1H3/q-1. The van der Waals surface area contributed by atoms with E-state index in [0.29, 0.717) is 12.2 Å². The summed E-state index contributed by atoms with van der Waals surface area (Å²) in [6.45, 7) is 1.60. The van der Waals surface area contributed by atoms with Gasteiger partial charge in [0.15, 0.2) is 0 Å². The Morgan fingerprint density at radius 3 is 2.09 bits per heavy atom. The van der Waals surface area contributed by atoms with E-state index in [2.05, 4.69) is 0 Å². The van der Waals surface area contributed by atoms with Gasteiger partial charge in [0.2, 0.25) is 0 Å². The molecule has 0 rings (SSSR count). The van der Waals surface area contributed by atoms with Gasteiger partial charge in [-0.1, -0.05) is 13.3 Å². The highest BCUT2D eigenvalue weighted by molar-refractivity contribution is 7.94. The van der Waals surface area contributed by atoms with Gasteiger partial charge in [-0.05, 0) is 0 Å². The van der Waals surface area contributed by atoms with Crippen LogP contribution in [0.2, 0.25) is 0 Å². The normalized spacial score (nSPS) is 13.5. The molecule has 11 heavy (non-hydrogen) atoms. The van der Waals surface area contributed by atoms with Crippen LogP contribution >= 0.6 is 0 Å². The Labute approximate surface area is 63.3 Å². The first kappa shape index (κ1) is 10.7. The Hall–Kier alpha value is -0.260. The first-order chi connectivity index (χ1) is 4.81. The Morgan fingerprint density at radius 1 is 1.36 bits per heavy atom. The monoisotopic (exact) mass is 189 g/mol. The van der Waals surface area contributed by atoms with Gasteiger partial charge >= 0.3 is 5.51 Å². The lowest BCUT2D eigenvalue weighted by Crippen LogP contribution is -2.22. The van der Waals surface area contributed by atoms with Gasteiger partial charge < -0.3 is 0 Å². The highest BCUT2D eigenvalue weighted by Crippen LogP contribution is 2.26. The molecule has 0 aliphatic carbocycles. The summed E-state index contributed by atoms with van der Waals surface area (Å²) in [6.07, 6.45) is 0.317. The maximum absolute atomic E-state index is 11.5. The Morgan fingerprint density at radius 2 is 1.82 bits per heavy atom. The topological polar surface area (TPSA) is 34.1 Å². The van der Waals surface area contributed by atoms with E-state index in [1.54, 1.807) is 6.92 Å². The van der Waals surface area contributed by atoms with Crippen LogP contribution in [0.1, 0.15) is 19.8 Å². The summed E-state index contributed by atoms with van der Waals surface area (Å²) in [7, 11) is -4.98. The van der Waals surface area contributed by atoms with E-state index in [1.807, 2.05) is 0 Å². The van der Waals surface area contributed by atoms with Crippen LogP contribution < -0.4 is 0 Å². The van der Waals surface area contributed by atoms with Crippen molar-refractivity contribution in [3.63, 3.8) is 0 Å². The summed E-state index contributed by atoms with van der Waals surface area (Å²) in [6, 6.07) is 0. The van der Waals surface area contributed by atoms with E-state index in [4.69, 9.17) is 0 Å². The third kappa shape index (κ3) is 3.09. The largest absolute Gasteiger partial charge is 0.468 e. The number of hydrogen-bond donors (Lipinski definition) is 0. The lowest BCUT2D eigenvalue weighted by Gasteiger charge is -2.14. The van der Waals surface area contributed by atoms with Gasteiger partial charge in [-0.15, -0.1) is 0 Å². The molecular weight excluding hydrogens is 181 g/mol. The van der Waals surface area contributed by atoms with Gasteiger partial charge in [0.05, 0.1) is 0 Å². The fourth-order valence-corrected chi connectivity index (χ4v) is 1.10. The molecule has 0 amide bonds. The Kier molecular flexibility index (Phi) is 3.34. The van der Waals surface area contributed by atoms with Crippen LogP contribution in [0.15, 0.2) is 0 Å². The van der Waals surface area contributed by atoms with Gasteiger partial charge in [-0.2, -0.15) is 25.3 Å². The van der Waals surface area contributed by atoms with Gasteiger partial charge in [-0.25, -0.2) is 0 Å². The highest BCUT2D eigenvalue weighted by atomic mass is 32.2. The zero-order chi connectivity index (χ0) is 9.12. The maximum atomic E-state index is 11.5. The number of sulfone groups is 1. The first-order valence-electron chi connectivity index (χ1n) is 2.96. The maximum Gasteiger partial charge on any atom is 0.468 e. The van der Waals surface area contributed by atoms with Crippen molar-refractivity contribution in [3.05, 3.63) is 5.75 Å². The van der Waals surface area contributed by atoms with Crippen molar-refractivity contribution < 1.29 is 21.6 Å². The lowest BCUT2D eigenvalue weighted by atomic mass is 10.4. The van der Waals surface area contributed by atoms with Crippen LogP contribution in [-0.2, 0) is 9.84 Å². The minimum atomic E-state index is -5.14. The van der Waals surface area contributed by atoms with Crippen molar-refractivity contribution in [3.8, 4) is 0 Å². The van der Waals surface area contributed by atoms with E-state index in [0.717, 1.165) is 0 Å². The summed E-state index contributed by atoms with van der Waals surface area (Å²) >= 11 is 0. The molecule has 0 atom stereocenters. The molecule has 0 aromatic heterocycles. The number of alkyl halides is 3. The average molecular weight is 189 g/mol. The van der Waals surface area contributed by atoms with E-state index >= 15 is 0 Å². The predicted octanol–water partition coefficient (Wildman–Crippen LogP) is 1.88. The molecular formula is C5H8F3O2S-. The number of hydrogen-bond acceptors (Lipinski definition) is 2. The molecule has 0 unspecified atom stereocenters. The van der Waals surface area contributed by atoms with Crippen LogP contribution in [0.5, 0.6) is 0 Å². The van der Waals surface area contributed by atoms with Crippen LogP contribution in [0.4, 0.5) is 13.2 Å². The Balaban J connectivity index is 4.26. The van der Waals surface area contributed by atoms with Gasteiger partial charge in [-0.3, -0.25) is 8.42 Å². The van der Waals surface area contributed by atoms with Gasteiger partial charge in [0, 0.05) is 0 Å². The van der Waals surface area contributed by atoms with E-state index < -0.39 is 15.3 Å². The highest BCUT2D eigenvalue weighted by Gasteiger charge is 2.38. The molecule has 0 aliphatic rings. The van der Waals surface area contributed by atoms with Crippen molar-refractivity contribution in [2.75, 3.05) is 0 Å². The molecule has 0 aromatic carbocycles. The second-order valence-electron chi connectivity index (χ2n) is 1.95. The second-order valence-corrected chi connectivity index (χ2v) is 3.83. The minimum absolute atomic E-state index is 0.0676. The zero-order valence-electron chi connectivity index (χ0n) is 5.85. The van der Waals surface area contributed by atoms with Crippen molar-refractivity contribution >= 4 is 9.84 Å². The fourth-order valence-electron chi connectivity index (χ4n) is 0.367. The number of halogens is 3. The smallest absolute Gasteiger partial charge is 0.254 e. The molecule has 0 bridgehead atoms. The van der Waals surface area contributed by atoms with Crippen molar-refractivity contribution in [1.82, 2.24) is 0 Å². The van der Waals surface area contributed by atoms with Crippen molar-refractivity contribution in [1.29, 1.82) is 0 Å². The third-order valence-corrected chi connectivity index (χ3v) is 2.27. The summed E-state index contributed by atoms with van der Waals surface area (Å²) in [5.74, 6) is 0.299. The molecule has 68 valence electrons. The quantitative estimate of drug-likeness (QED) is 0.635.